The zero-order valence-corrected chi connectivity index (χ0v) is 15.7. The van der Waals surface area contributed by atoms with Gasteiger partial charge in [0.05, 0.1) is 5.56 Å². The van der Waals surface area contributed by atoms with Gasteiger partial charge in [-0.15, -0.1) is 0 Å². The van der Waals surface area contributed by atoms with Gasteiger partial charge in [-0.1, -0.05) is 42.5 Å². The van der Waals surface area contributed by atoms with E-state index in [0.717, 1.165) is 36.2 Å². The minimum absolute atomic E-state index is 0.0338. The number of hydrogen-bond donors (Lipinski definition) is 2. The quantitative estimate of drug-likeness (QED) is 0.823. The molecule has 1 fully saturated rings. The van der Waals surface area contributed by atoms with E-state index in [-0.39, 0.29) is 11.9 Å². The molecule has 2 aromatic rings. The largest absolute Gasteiger partial charge is 0.416 e. The second kappa shape index (κ2) is 7.93. The van der Waals surface area contributed by atoms with Crippen molar-refractivity contribution in [1.29, 1.82) is 0 Å². The average molecular weight is 391 g/mol. The van der Waals surface area contributed by atoms with E-state index >= 15 is 0 Å². The lowest BCUT2D eigenvalue weighted by Crippen LogP contribution is -2.52. The van der Waals surface area contributed by atoms with Crippen LogP contribution in [0.4, 0.5) is 13.2 Å². The second-order valence-corrected chi connectivity index (χ2v) is 7.46. The fourth-order valence-corrected chi connectivity index (χ4v) is 3.40. The summed E-state index contributed by atoms with van der Waals surface area (Å²) in [6.07, 6.45) is -3.55. The molecular weight excluding hydrogens is 367 g/mol. The lowest BCUT2D eigenvalue weighted by molar-refractivity contribution is -0.137. The third-order valence-electron chi connectivity index (χ3n) is 5.14. The number of likely N-dealkylation sites (tertiary alicyclic amines) is 1. The Labute approximate surface area is 162 Å². The van der Waals surface area contributed by atoms with Crippen molar-refractivity contribution < 1.29 is 18.0 Å². The molecule has 1 amide bonds. The Bertz CT molecular complexity index is 804. The van der Waals surface area contributed by atoms with Crippen LogP contribution in [0.25, 0.3) is 0 Å². The number of amides is 1. The Morgan fingerprint density at radius 1 is 1.11 bits per heavy atom. The van der Waals surface area contributed by atoms with E-state index in [1.54, 1.807) is 6.92 Å². The maximum absolute atomic E-state index is 12.7. The summed E-state index contributed by atoms with van der Waals surface area (Å²) in [4.78, 5) is 14.8. The lowest BCUT2D eigenvalue weighted by atomic mass is 9.92. The Hall–Kier alpha value is -2.38. The van der Waals surface area contributed by atoms with Gasteiger partial charge in [-0.3, -0.25) is 9.69 Å². The van der Waals surface area contributed by atoms with Gasteiger partial charge in [0, 0.05) is 25.7 Å². The summed E-state index contributed by atoms with van der Waals surface area (Å²) in [5.41, 5.74) is 6.04. The van der Waals surface area contributed by atoms with E-state index < -0.39 is 17.3 Å². The van der Waals surface area contributed by atoms with Crippen LogP contribution in [0.15, 0.2) is 54.6 Å². The molecule has 2 atom stereocenters. The minimum atomic E-state index is -4.32. The zero-order valence-electron chi connectivity index (χ0n) is 15.7. The number of nitrogens with two attached hydrogens (primary N) is 1. The fourth-order valence-electron chi connectivity index (χ4n) is 3.40. The van der Waals surface area contributed by atoms with Crippen molar-refractivity contribution in [1.82, 2.24) is 10.2 Å². The average Bonchev–Trinajstić information content (AvgIpc) is 3.09. The number of carbonyl (C=O) groups excluding carboxylic acids is 1. The van der Waals surface area contributed by atoms with E-state index in [1.807, 2.05) is 30.3 Å². The molecule has 3 N–H and O–H groups in total. The van der Waals surface area contributed by atoms with Crippen LogP contribution in [0.1, 0.15) is 30.0 Å². The molecule has 3 rings (SSSR count). The second-order valence-electron chi connectivity index (χ2n) is 7.46. The van der Waals surface area contributed by atoms with E-state index in [9.17, 15) is 18.0 Å². The van der Waals surface area contributed by atoms with Crippen molar-refractivity contribution >= 4 is 5.91 Å². The summed E-state index contributed by atoms with van der Waals surface area (Å²) in [5.74, 6) is -0.236. The molecule has 0 aliphatic carbocycles. The number of halogens is 3. The monoisotopic (exact) mass is 391 g/mol. The molecule has 2 unspecified atom stereocenters. The molecule has 2 aromatic carbocycles. The fraction of sp³-hybridized carbons (Fsp3) is 0.381. The maximum atomic E-state index is 12.7. The van der Waals surface area contributed by atoms with Crippen molar-refractivity contribution in [3.05, 3.63) is 71.3 Å². The van der Waals surface area contributed by atoms with Crippen LogP contribution >= 0.6 is 0 Å². The standard InChI is InChI=1S/C21H24F3N3O/c1-20(25,16-5-3-2-4-6-16)19(28)26-18-11-12-27(14-18)13-15-7-9-17(10-8-15)21(22,23)24/h2-10,18H,11-14,25H2,1H3,(H,26,28). The molecule has 4 nitrogen and oxygen atoms in total. The van der Waals surface area contributed by atoms with Crippen LogP contribution in [-0.4, -0.2) is 29.9 Å². The predicted molar refractivity (Wildman–Crippen MR) is 101 cm³/mol. The molecule has 0 spiro atoms. The smallest absolute Gasteiger partial charge is 0.350 e. The van der Waals surface area contributed by atoms with Crippen LogP contribution in [0.3, 0.4) is 0 Å². The highest BCUT2D eigenvalue weighted by atomic mass is 19.4. The number of nitrogens with one attached hydrogen (secondary N) is 1. The van der Waals surface area contributed by atoms with Crippen molar-refractivity contribution in [3.8, 4) is 0 Å². The maximum Gasteiger partial charge on any atom is 0.416 e. The molecular formula is C21H24F3N3O. The first-order chi connectivity index (χ1) is 13.2. The third kappa shape index (κ3) is 4.72. The van der Waals surface area contributed by atoms with Crippen LogP contribution in [0.5, 0.6) is 0 Å². The van der Waals surface area contributed by atoms with Gasteiger partial charge < -0.3 is 11.1 Å². The first-order valence-electron chi connectivity index (χ1n) is 9.20. The highest BCUT2D eigenvalue weighted by molar-refractivity contribution is 5.87. The number of hydrogen-bond acceptors (Lipinski definition) is 3. The van der Waals surface area contributed by atoms with Gasteiger partial charge in [0.1, 0.15) is 5.54 Å². The highest BCUT2D eigenvalue weighted by Gasteiger charge is 2.34. The molecule has 1 aliphatic rings. The van der Waals surface area contributed by atoms with E-state index in [1.165, 1.54) is 12.1 Å². The minimum Gasteiger partial charge on any atom is -0.350 e. The summed E-state index contributed by atoms with van der Waals surface area (Å²) < 4.78 is 38.0. The summed E-state index contributed by atoms with van der Waals surface area (Å²) in [6, 6.07) is 14.4. The van der Waals surface area contributed by atoms with Crippen LogP contribution in [0.2, 0.25) is 0 Å². The van der Waals surface area contributed by atoms with Gasteiger partial charge in [0.25, 0.3) is 0 Å². The number of rotatable bonds is 5. The van der Waals surface area contributed by atoms with Crippen molar-refractivity contribution in [3.63, 3.8) is 0 Å². The van der Waals surface area contributed by atoms with Crippen molar-refractivity contribution in [2.45, 2.75) is 37.6 Å². The van der Waals surface area contributed by atoms with Crippen LogP contribution in [0, 0.1) is 0 Å². The zero-order chi connectivity index (χ0) is 20.4. The predicted octanol–water partition coefficient (Wildman–Crippen LogP) is 3.27. The molecule has 0 radical (unpaired) electrons. The first kappa shape index (κ1) is 20.4. The Morgan fingerprint density at radius 3 is 2.36 bits per heavy atom. The third-order valence-corrected chi connectivity index (χ3v) is 5.14. The number of nitrogens with zero attached hydrogens (tertiary/aromatic N) is 1. The number of carbonyl (C=O) groups is 1. The molecule has 1 saturated heterocycles. The SMILES string of the molecule is CC(N)(C(=O)NC1CCN(Cc2ccc(C(F)(F)F)cc2)C1)c1ccccc1. The van der Waals surface area contributed by atoms with E-state index in [4.69, 9.17) is 5.73 Å². The van der Waals surface area contributed by atoms with Crippen LogP contribution < -0.4 is 11.1 Å². The summed E-state index contributed by atoms with van der Waals surface area (Å²) in [6.45, 7) is 3.63. The molecule has 0 aromatic heterocycles. The summed E-state index contributed by atoms with van der Waals surface area (Å²) in [5, 5.41) is 3.01. The number of alkyl halides is 3. The van der Waals surface area contributed by atoms with Gasteiger partial charge in [0.2, 0.25) is 5.91 Å². The van der Waals surface area contributed by atoms with Gasteiger partial charge >= 0.3 is 6.18 Å². The van der Waals surface area contributed by atoms with E-state index in [0.29, 0.717) is 13.1 Å². The topological polar surface area (TPSA) is 58.4 Å². The highest BCUT2D eigenvalue weighted by Crippen LogP contribution is 2.29. The van der Waals surface area contributed by atoms with Crippen LogP contribution in [-0.2, 0) is 23.1 Å². The summed E-state index contributed by atoms with van der Waals surface area (Å²) >= 11 is 0. The molecule has 150 valence electrons. The first-order valence-corrected chi connectivity index (χ1v) is 9.20. The van der Waals surface area contributed by atoms with Gasteiger partial charge in [0.15, 0.2) is 0 Å². The molecule has 7 heteroatoms. The Kier molecular flexibility index (Phi) is 5.76. The Balaban J connectivity index is 1.55. The summed E-state index contributed by atoms with van der Waals surface area (Å²) in [7, 11) is 0. The van der Waals surface area contributed by atoms with Crippen molar-refractivity contribution in [2.75, 3.05) is 13.1 Å². The molecule has 0 saturated carbocycles. The molecule has 0 bridgehead atoms. The Morgan fingerprint density at radius 2 is 1.75 bits per heavy atom. The lowest BCUT2D eigenvalue weighted by Gasteiger charge is -2.26. The molecule has 1 aliphatic heterocycles. The van der Waals surface area contributed by atoms with E-state index in [2.05, 4.69) is 10.2 Å². The van der Waals surface area contributed by atoms with Gasteiger partial charge in [-0.25, -0.2) is 0 Å². The number of benzene rings is 2. The van der Waals surface area contributed by atoms with Gasteiger partial charge in [-0.05, 0) is 36.6 Å². The molecule has 28 heavy (non-hydrogen) atoms. The normalized spacial score (nSPS) is 20.0. The van der Waals surface area contributed by atoms with Gasteiger partial charge in [-0.2, -0.15) is 13.2 Å². The molecule has 1 heterocycles. The van der Waals surface area contributed by atoms with Crippen molar-refractivity contribution in [2.24, 2.45) is 5.73 Å².